The van der Waals surface area contributed by atoms with E-state index in [-0.39, 0.29) is 11.9 Å². The minimum Gasteiger partial charge on any atom is -0.497 e. The van der Waals surface area contributed by atoms with Gasteiger partial charge < -0.3 is 19.2 Å². The van der Waals surface area contributed by atoms with Gasteiger partial charge in [-0.25, -0.2) is 0 Å². The van der Waals surface area contributed by atoms with Crippen molar-refractivity contribution < 1.29 is 18.7 Å². The molecule has 0 spiro atoms. The highest BCUT2D eigenvalue weighted by Gasteiger charge is 2.21. The Balaban J connectivity index is 1.68. The predicted octanol–water partition coefficient (Wildman–Crippen LogP) is 2.20. The van der Waals surface area contributed by atoms with Crippen LogP contribution in [-0.4, -0.2) is 56.8 Å². The van der Waals surface area contributed by atoms with E-state index in [0.29, 0.717) is 17.9 Å². The standard InChI is InChI=1S/C18H24N2O4/c1-12(20-6-8-23-9-7-20)11-19-18(21)17-13(2)15-10-14(22-3)4-5-16(15)24-17/h4-5,10,12H,6-9,11H2,1-3H3,(H,19,21)/t12-/m1/s1. The molecule has 1 atom stereocenters. The maximum Gasteiger partial charge on any atom is 0.287 e. The number of fused-ring (bicyclic) bond motifs is 1. The van der Waals surface area contributed by atoms with Gasteiger partial charge in [0.15, 0.2) is 5.76 Å². The molecular formula is C18H24N2O4. The van der Waals surface area contributed by atoms with E-state index < -0.39 is 0 Å². The second-order valence-electron chi connectivity index (χ2n) is 6.13. The molecule has 6 heteroatoms. The second-order valence-corrected chi connectivity index (χ2v) is 6.13. The Morgan fingerprint density at radius 2 is 2.12 bits per heavy atom. The van der Waals surface area contributed by atoms with Crippen molar-refractivity contribution in [3.63, 3.8) is 0 Å². The lowest BCUT2D eigenvalue weighted by Crippen LogP contribution is -2.47. The number of morpholine rings is 1. The first-order valence-electron chi connectivity index (χ1n) is 8.27. The van der Waals surface area contributed by atoms with Gasteiger partial charge in [-0.1, -0.05) is 0 Å². The quantitative estimate of drug-likeness (QED) is 0.909. The smallest absolute Gasteiger partial charge is 0.287 e. The van der Waals surface area contributed by atoms with Crippen LogP contribution in [0, 0.1) is 6.92 Å². The molecule has 1 aromatic carbocycles. The second kappa shape index (κ2) is 7.23. The molecule has 130 valence electrons. The molecule has 1 aromatic heterocycles. The molecule has 1 N–H and O–H groups in total. The van der Waals surface area contributed by atoms with Crippen LogP contribution in [0.25, 0.3) is 11.0 Å². The maximum atomic E-state index is 12.5. The number of aryl methyl sites for hydroxylation is 1. The van der Waals surface area contributed by atoms with E-state index in [1.54, 1.807) is 7.11 Å². The zero-order chi connectivity index (χ0) is 17.1. The molecule has 1 aliphatic rings. The Bertz CT molecular complexity index is 719. The fraction of sp³-hybridized carbons (Fsp3) is 0.500. The predicted molar refractivity (Wildman–Crippen MR) is 91.7 cm³/mol. The molecule has 1 amide bonds. The van der Waals surface area contributed by atoms with Crippen molar-refractivity contribution in [2.24, 2.45) is 0 Å². The molecule has 1 fully saturated rings. The van der Waals surface area contributed by atoms with Gasteiger partial charge >= 0.3 is 0 Å². The number of hydrogen-bond donors (Lipinski definition) is 1. The molecule has 2 aromatic rings. The molecule has 1 aliphatic heterocycles. The van der Waals surface area contributed by atoms with Crippen LogP contribution in [0.1, 0.15) is 23.0 Å². The molecule has 0 unspecified atom stereocenters. The molecule has 0 radical (unpaired) electrons. The first-order chi connectivity index (χ1) is 11.6. The first kappa shape index (κ1) is 16.8. The van der Waals surface area contributed by atoms with Crippen LogP contribution in [0.4, 0.5) is 0 Å². The number of furan rings is 1. The molecular weight excluding hydrogens is 308 g/mol. The van der Waals surface area contributed by atoms with Gasteiger partial charge in [0.2, 0.25) is 0 Å². The van der Waals surface area contributed by atoms with E-state index in [9.17, 15) is 4.79 Å². The third-order valence-corrected chi connectivity index (χ3v) is 4.58. The van der Waals surface area contributed by atoms with Gasteiger partial charge in [0.05, 0.1) is 20.3 Å². The highest BCUT2D eigenvalue weighted by atomic mass is 16.5. The summed E-state index contributed by atoms with van der Waals surface area (Å²) in [5, 5.41) is 3.88. The average Bonchev–Trinajstić information content (AvgIpc) is 2.96. The van der Waals surface area contributed by atoms with Crippen LogP contribution in [0.15, 0.2) is 22.6 Å². The zero-order valence-electron chi connectivity index (χ0n) is 14.4. The lowest BCUT2D eigenvalue weighted by Gasteiger charge is -2.32. The molecule has 0 bridgehead atoms. The normalized spacial score (nSPS) is 17.0. The zero-order valence-corrected chi connectivity index (χ0v) is 14.4. The van der Waals surface area contributed by atoms with Crippen molar-refractivity contribution in [2.75, 3.05) is 40.0 Å². The Kier molecular flexibility index (Phi) is 5.06. The van der Waals surface area contributed by atoms with Gasteiger partial charge in [-0.15, -0.1) is 0 Å². The number of benzene rings is 1. The third-order valence-electron chi connectivity index (χ3n) is 4.58. The van der Waals surface area contributed by atoms with Crippen LogP contribution in [0.2, 0.25) is 0 Å². The lowest BCUT2D eigenvalue weighted by atomic mass is 10.1. The van der Waals surface area contributed by atoms with E-state index in [0.717, 1.165) is 43.0 Å². The number of carbonyl (C=O) groups is 1. The van der Waals surface area contributed by atoms with E-state index in [1.807, 2.05) is 25.1 Å². The third kappa shape index (κ3) is 3.39. The van der Waals surface area contributed by atoms with Crippen LogP contribution in [0.3, 0.4) is 0 Å². The van der Waals surface area contributed by atoms with Gasteiger partial charge in [-0.3, -0.25) is 9.69 Å². The topological polar surface area (TPSA) is 63.9 Å². The van der Waals surface area contributed by atoms with E-state index in [1.165, 1.54) is 0 Å². The molecule has 1 saturated heterocycles. The number of ether oxygens (including phenoxy) is 2. The van der Waals surface area contributed by atoms with Gasteiger partial charge in [0.25, 0.3) is 5.91 Å². The minimum atomic E-state index is -0.178. The van der Waals surface area contributed by atoms with Crippen LogP contribution >= 0.6 is 0 Å². The summed E-state index contributed by atoms with van der Waals surface area (Å²) < 4.78 is 16.3. The number of carbonyl (C=O) groups excluding carboxylic acids is 1. The largest absolute Gasteiger partial charge is 0.497 e. The molecule has 3 rings (SSSR count). The number of methoxy groups -OCH3 is 1. The summed E-state index contributed by atoms with van der Waals surface area (Å²) in [7, 11) is 1.62. The first-order valence-corrected chi connectivity index (χ1v) is 8.27. The van der Waals surface area contributed by atoms with Gasteiger partial charge in [0.1, 0.15) is 11.3 Å². The van der Waals surface area contributed by atoms with Crippen molar-refractivity contribution >= 4 is 16.9 Å². The van der Waals surface area contributed by atoms with Crippen molar-refractivity contribution in [1.29, 1.82) is 0 Å². The van der Waals surface area contributed by atoms with Gasteiger partial charge in [-0.05, 0) is 32.0 Å². The molecule has 6 nitrogen and oxygen atoms in total. The number of nitrogens with zero attached hydrogens (tertiary/aromatic N) is 1. The van der Waals surface area contributed by atoms with Crippen LogP contribution in [-0.2, 0) is 4.74 Å². The molecule has 24 heavy (non-hydrogen) atoms. The molecule has 0 aliphatic carbocycles. The van der Waals surface area contributed by atoms with E-state index >= 15 is 0 Å². The van der Waals surface area contributed by atoms with Crippen molar-refractivity contribution in [3.05, 3.63) is 29.5 Å². The van der Waals surface area contributed by atoms with E-state index in [4.69, 9.17) is 13.9 Å². The number of hydrogen-bond acceptors (Lipinski definition) is 5. The highest BCUT2D eigenvalue weighted by molar-refractivity contribution is 5.99. The fourth-order valence-corrected chi connectivity index (χ4v) is 3.01. The Morgan fingerprint density at radius 3 is 2.83 bits per heavy atom. The van der Waals surface area contributed by atoms with Gasteiger partial charge in [-0.2, -0.15) is 0 Å². The summed E-state index contributed by atoms with van der Waals surface area (Å²) >= 11 is 0. The summed E-state index contributed by atoms with van der Waals surface area (Å²) in [5.41, 5.74) is 1.53. The fourth-order valence-electron chi connectivity index (χ4n) is 3.01. The summed E-state index contributed by atoms with van der Waals surface area (Å²) in [4.78, 5) is 14.8. The number of amides is 1. The summed E-state index contributed by atoms with van der Waals surface area (Å²) in [6.07, 6.45) is 0. The molecule has 2 heterocycles. The minimum absolute atomic E-state index is 0.178. The Hall–Kier alpha value is -2.05. The van der Waals surface area contributed by atoms with Crippen molar-refractivity contribution in [3.8, 4) is 5.75 Å². The van der Waals surface area contributed by atoms with E-state index in [2.05, 4.69) is 17.1 Å². The number of nitrogens with one attached hydrogen (secondary N) is 1. The molecule has 0 saturated carbocycles. The number of rotatable bonds is 5. The highest BCUT2D eigenvalue weighted by Crippen LogP contribution is 2.28. The monoisotopic (exact) mass is 332 g/mol. The Labute approximate surface area is 141 Å². The van der Waals surface area contributed by atoms with Gasteiger partial charge in [0, 0.05) is 36.6 Å². The van der Waals surface area contributed by atoms with Crippen LogP contribution < -0.4 is 10.1 Å². The van der Waals surface area contributed by atoms with Crippen molar-refractivity contribution in [1.82, 2.24) is 10.2 Å². The van der Waals surface area contributed by atoms with Crippen LogP contribution in [0.5, 0.6) is 5.75 Å². The maximum absolute atomic E-state index is 12.5. The summed E-state index contributed by atoms with van der Waals surface area (Å²) in [6, 6.07) is 5.81. The Morgan fingerprint density at radius 1 is 1.38 bits per heavy atom. The SMILES string of the molecule is COc1ccc2oc(C(=O)NC[C@@H](C)N3CCOCC3)c(C)c2c1. The summed E-state index contributed by atoms with van der Waals surface area (Å²) in [5.74, 6) is 0.939. The lowest BCUT2D eigenvalue weighted by molar-refractivity contribution is 0.0203. The summed E-state index contributed by atoms with van der Waals surface area (Å²) in [6.45, 7) is 7.90. The van der Waals surface area contributed by atoms with Crippen molar-refractivity contribution in [2.45, 2.75) is 19.9 Å². The average molecular weight is 332 g/mol.